The summed E-state index contributed by atoms with van der Waals surface area (Å²) < 4.78 is 11.2. The topological polar surface area (TPSA) is 32.8 Å². The molecule has 0 spiro atoms. The number of carbonyl (C=O) groups excluding carboxylic acids is 1. The SMILES string of the molecule is CC(I)C(=O)SC(C)(C)COCCSP(N(C(C)C)C(C)C)N(C(C)C)C(C)C. The van der Waals surface area contributed by atoms with Crippen LogP contribution in [0.2, 0.25) is 0 Å². The predicted molar refractivity (Wildman–Crippen MR) is 145 cm³/mol. The lowest BCUT2D eigenvalue weighted by molar-refractivity contribution is -0.110. The van der Waals surface area contributed by atoms with Gasteiger partial charge in [0.15, 0.2) is 0 Å². The normalized spacial score (nSPS) is 14.4. The van der Waals surface area contributed by atoms with Gasteiger partial charge >= 0.3 is 0 Å². The first kappa shape index (κ1) is 30.4. The van der Waals surface area contributed by atoms with E-state index in [1.54, 1.807) is 0 Å². The molecule has 1 unspecified atom stereocenters. The van der Waals surface area contributed by atoms with Gasteiger partial charge in [-0.05, 0) is 76.2 Å². The van der Waals surface area contributed by atoms with E-state index >= 15 is 0 Å². The van der Waals surface area contributed by atoms with Crippen molar-refractivity contribution in [2.24, 2.45) is 0 Å². The number of carbonyl (C=O) groups is 1. The van der Waals surface area contributed by atoms with Gasteiger partial charge in [0.2, 0.25) is 5.12 Å². The van der Waals surface area contributed by atoms with Crippen LogP contribution in [-0.2, 0) is 9.53 Å². The lowest BCUT2D eigenvalue weighted by atomic mass is 10.2. The lowest BCUT2D eigenvalue weighted by Gasteiger charge is -2.46. The Kier molecular flexibility index (Phi) is 15.2. The fraction of sp³-hybridized carbons (Fsp3) is 0.952. The van der Waals surface area contributed by atoms with Crippen molar-refractivity contribution in [3.63, 3.8) is 0 Å². The van der Waals surface area contributed by atoms with Gasteiger partial charge in [-0.15, -0.1) is 0 Å². The van der Waals surface area contributed by atoms with E-state index in [1.165, 1.54) is 11.8 Å². The first-order valence-electron chi connectivity index (χ1n) is 10.7. The monoisotopic (exact) mass is 578 g/mol. The summed E-state index contributed by atoms with van der Waals surface area (Å²) in [5.74, 6) is 0.967. The summed E-state index contributed by atoms with van der Waals surface area (Å²) in [6.45, 7) is 25.9. The van der Waals surface area contributed by atoms with Crippen LogP contribution in [0.1, 0.15) is 76.2 Å². The molecular formula is C21H44IN2O2PS2. The fourth-order valence-electron chi connectivity index (χ4n) is 3.11. The highest BCUT2D eigenvalue weighted by Gasteiger charge is 2.33. The summed E-state index contributed by atoms with van der Waals surface area (Å²) in [6, 6.07) is 2.02. The second-order valence-electron chi connectivity index (χ2n) is 9.07. The molecule has 0 heterocycles. The zero-order valence-corrected chi connectivity index (χ0v) is 25.0. The molecule has 29 heavy (non-hydrogen) atoms. The van der Waals surface area contributed by atoms with E-state index in [1.807, 2.05) is 18.3 Å². The van der Waals surface area contributed by atoms with Gasteiger partial charge in [-0.3, -0.25) is 14.1 Å². The van der Waals surface area contributed by atoms with Crippen molar-refractivity contribution in [3.05, 3.63) is 0 Å². The molecule has 0 aliphatic rings. The van der Waals surface area contributed by atoms with Gasteiger partial charge in [0.25, 0.3) is 0 Å². The molecule has 8 heteroatoms. The Bertz CT molecular complexity index is 442. The zero-order chi connectivity index (χ0) is 22.9. The first-order chi connectivity index (χ1) is 13.2. The molecule has 174 valence electrons. The lowest BCUT2D eigenvalue weighted by Crippen LogP contribution is -2.41. The van der Waals surface area contributed by atoms with Crippen LogP contribution in [0.5, 0.6) is 0 Å². The molecule has 4 nitrogen and oxygen atoms in total. The summed E-state index contributed by atoms with van der Waals surface area (Å²) >= 11 is 5.62. The number of halogens is 1. The maximum absolute atomic E-state index is 12.0. The molecule has 0 fully saturated rings. The Balaban J connectivity index is 4.93. The number of ether oxygens (including phenoxy) is 1. The van der Waals surface area contributed by atoms with E-state index in [4.69, 9.17) is 4.74 Å². The Labute approximate surface area is 204 Å². The second-order valence-corrected chi connectivity index (χ2v) is 16.5. The van der Waals surface area contributed by atoms with Gasteiger partial charge in [-0.2, -0.15) is 0 Å². The average Bonchev–Trinajstić information content (AvgIpc) is 2.52. The Morgan fingerprint density at radius 2 is 1.34 bits per heavy atom. The average molecular weight is 579 g/mol. The highest BCUT2D eigenvalue weighted by atomic mass is 127. The predicted octanol–water partition coefficient (Wildman–Crippen LogP) is 7.06. The number of alkyl halides is 1. The molecule has 0 radical (unpaired) electrons. The minimum Gasteiger partial charge on any atom is -0.379 e. The van der Waals surface area contributed by atoms with Crippen LogP contribution in [-0.4, -0.2) is 66.3 Å². The van der Waals surface area contributed by atoms with Crippen LogP contribution in [0, 0.1) is 0 Å². The molecule has 0 aliphatic heterocycles. The van der Waals surface area contributed by atoms with Crippen LogP contribution in [0.4, 0.5) is 0 Å². The summed E-state index contributed by atoms with van der Waals surface area (Å²) in [4.78, 5) is 12.0. The molecule has 0 bridgehead atoms. The van der Waals surface area contributed by atoms with Gasteiger partial charge in [0.05, 0.1) is 17.1 Å². The number of rotatable bonds is 14. The van der Waals surface area contributed by atoms with Crippen molar-refractivity contribution in [1.82, 2.24) is 9.34 Å². The van der Waals surface area contributed by atoms with Gasteiger partial charge in [0.1, 0.15) is 7.42 Å². The third-order valence-corrected chi connectivity index (χ3v) is 11.9. The van der Waals surface area contributed by atoms with Crippen molar-refractivity contribution >= 4 is 58.3 Å². The van der Waals surface area contributed by atoms with E-state index < -0.39 is 7.42 Å². The van der Waals surface area contributed by atoms with E-state index in [9.17, 15) is 4.79 Å². The highest BCUT2D eigenvalue weighted by molar-refractivity contribution is 14.1. The second kappa shape index (κ2) is 14.5. The number of nitrogens with zero attached hydrogens (tertiary/aromatic N) is 2. The third kappa shape index (κ3) is 11.7. The maximum atomic E-state index is 12.0. The molecular weight excluding hydrogens is 534 g/mol. The highest BCUT2D eigenvalue weighted by Crippen LogP contribution is 2.59. The Morgan fingerprint density at radius 3 is 1.69 bits per heavy atom. The molecule has 0 aromatic heterocycles. The number of hydrogen-bond acceptors (Lipinski definition) is 6. The summed E-state index contributed by atoms with van der Waals surface area (Å²) in [6.07, 6.45) is 0. The van der Waals surface area contributed by atoms with Gasteiger partial charge in [-0.1, -0.05) is 45.7 Å². The summed E-state index contributed by atoms with van der Waals surface area (Å²) in [7, 11) is -0.470. The molecule has 0 aliphatic carbocycles. The quantitative estimate of drug-likeness (QED) is 0.0950. The van der Waals surface area contributed by atoms with Crippen LogP contribution < -0.4 is 0 Å². The van der Waals surface area contributed by atoms with Crippen LogP contribution in [0.25, 0.3) is 0 Å². The maximum Gasteiger partial charge on any atom is 0.202 e. The van der Waals surface area contributed by atoms with Gasteiger partial charge < -0.3 is 4.74 Å². The standard InChI is InChI=1S/C21H44IN2O2PS2/c1-15(2)23(16(3)4)27(24(17(5)6)18(7)8)28-13-12-26-14-21(10,11)29-20(25)19(9)22/h15-19H,12-14H2,1-11H3. The van der Waals surface area contributed by atoms with Crippen molar-refractivity contribution < 1.29 is 9.53 Å². The molecule has 0 saturated heterocycles. The smallest absolute Gasteiger partial charge is 0.202 e. The Morgan fingerprint density at radius 1 is 0.931 bits per heavy atom. The fourth-order valence-corrected chi connectivity index (χ4v) is 10.6. The summed E-state index contributed by atoms with van der Waals surface area (Å²) in [5, 5.41) is 0.228. The van der Waals surface area contributed by atoms with Gasteiger partial charge in [-0.25, -0.2) is 0 Å². The van der Waals surface area contributed by atoms with Crippen molar-refractivity contribution in [1.29, 1.82) is 0 Å². The zero-order valence-electron chi connectivity index (χ0n) is 20.4. The van der Waals surface area contributed by atoms with E-state index in [2.05, 4.69) is 101 Å². The minimum absolute atomic E-state index is 0.0343. The molecule has 0 saturated carbocycles. The van der Waals surface area contributed by atoms with Crippen molar-refractivity contribution in [2.45, 2.75) is 109 Å². The third-order valence-electron chi connectivity index (χ3n) is 4.10. The molecule has 0 aromatic carbocycles. The van der Waals surface area contributed by atoms with Crippen molar-refractivity contribution in [2.75, 3.05) is 19.0 Å². The molecule has 0 rings (SSSR count). The molecule has 0 N–H and O–H groups in total. The van der Waals surface area contributed by atoms with Gasteiger partial charge in [0, 0.05) is 34.7 Å². The number of hydrogen-bond donors (Lipinski definition) is 0. The van der Waals surface area contributed by atoms with Crippen LogP contribution in [0.3, 0.4) is 0 Å². The molecule has 0 amide bonds. The molecule has 1 atom stereocenters. The Hall–Kier alpha value is 1.41. The minimum atomic E-state index is -0.470. The largest absolute Gasteiger partial charge is 0.379 e. The molecule has 0 aromatic rings. The van der Waals surface area contributed by atoms with E-state index in [0.29, 0.717) is 30.8 Å². The van der Waals surface area contributed by atoms with Crippen molar-refractivity contribution in [3.8, 4) is 0 Å². The number of thioether (sulfide) groups is 1. The van der Waals surface area contributed by atoms with E-state index in [0.717, 1.165) is 12.4 Å². The summed E-state index contributed by atoms with van der Waals surface area (Å²) in [5.41, 5.74) is 0. The van der Waals surface area contributed by atoms with Crippen LogP contribution in [0.15, 0.2) is 0 Å². The van der Waals surface area contributed by atoms with Crippen LogP contribution >= 0.6 is 53.2 Å². The van der Waals surface area contributed by atoms with E-state index in [-0.39, 0.29) is 13.8 Å². The first-order valence-corrected chi connectivity index (χ1v) is 15.6.